The molecule has 21 heavy (non-hydrogen) atoms. The lowest BCUT2D eigenvalue weighted by atomic mass is 10.3. The normalized spacial score (nSPS) is 16.3. The van der Waals surface area contributed by atoms with Crippen LogP contribution in [0.2, 0.25) is 0 Å². The fraction of sp³-hybridized carbons (Fsp3) is 0.750. The Kier molecular flexibility index (Phi) is 6.15. The van der Waals surface area contributed by atoms with Gasteiger partial charge in [-0.25, -0.2) is 4.79 Å². The first-order chi connectivity index (χ1) is 10.2. The van der Waals surface area contributed by atoms with Gasteiger partial charge in [0.2, 0.25) is 5.13 Å². The van der Waals surface area contributed by atoms with E-state index in [1.807, 2.05) is 0 Å². The second-order valence-electron chi connectivity index (χ2n) is 4.60. The average Bonchev–Trinajstić information content (AvgIpc) is 2.78. The summed E-state index contributed by atoms with van der Waals surface area (Å²) in [5.74, 6) is 0. The Morgan fingerprint density at radius 2 is 2.14 bits per heavy atom. The lowest BCUT2D eigenvalue weighted by Crippen LogP contribution is -2.34. The van der Waals surface area contributed by atoms with Crippen molar-refractivity contribution in [2.24, 2.45) is 0 Å². The standard InChI is InChI=1S/C12H20N4O4S/c1-16(6-5-9-19-7-3-4-8-20-9)11(17)13-10-14-15-12(18-2)21-10/h9H,3-8H2,1-2H3,(H,13,14,17). The maximum Gasteiger partial charge on any atom is 0.323 e. The van der Waals surface area contributed by atoms with Gasteiger partial charge in [0, 0.05) is 33.2 Å². The van der Waals surface area contributed by atoms with Gasteiger partial charge in [0.05, 0.1) is 7.11 Å². The number of ether oxygens (including phenoxy) is 3. The van der Waals surface area contributed by atoms with Crippen LogP contribution in [0.5, 0.6) is 5.19 Å². The molecule has 0 aromatic carbocycles. The third-order valence-electron chi connectivity index (χ3n) is 2.99. The van der Waals surface area contributed by atoms with Crippen LogP contribution < -0.4 is 10.1 Å². The highest BCUT2D eigenvalue weighted by Gasteiger charge is 2.17. The van der Waals surface area contributed by atoms with Crippen molar-refractivity contribution in [2.45, 2.75) is 25.6 Å². The fourth-order valence-corrected chi connectivity index (χ4v) is 2.33. The summed E-state index contributed by atoms with van der Waals surface area (Å²) >= 11 is 1.18. The molecule has 2 heterocycles. The van der Waals surface area contributed by atoms with Crippen LogP contribution in [0.15, 0.2) is 0 Å². The van der Waals surface area contributed by atoms with Gasteiger partial charge in [-0.2, -0.15) is 0 Å². The van der Waals surface area contributed by atoms with E-state index in [2.05, 4.69) is 15.5 Å². The van der Waals surface area contributed by atoms with E-state index in [1.165, 1.54) is 18.4 Å². The third kappa shape index (κ3) is 5.10. The van der Waals surface area contributed by atoms with Crippen LogP contribution in [0.3, 0.4) is 0 Å². The van der Waals surface area contributed by atoms with Crippen LogP contribution >= 0.6 is 11.3 Å². The molecule has 0 spiro atoms. The van der Waals surface area contributed by atoms with Crippen molar-refractivity contribution < 1.29 is 19.0 Å². The van der Waals surface area contributed by atoms with Crippen LogP contribution in [-0.4, -0.2) is 61.3 Å². The Hall–Kier alpha value is -1.45. The predicted octanol–water partition coefficient (Wildman–Crippen LogP) is 1.55. The molecule has 0 radical (unpaired) electrons. The summed E-state index contributed by atoms with van der Waals surface area (Å²) in [6.45, 7) is 1.96. The Labute approximate surface area is 127 Å². The monoisotopic (exact) mass is 316 g/mol. The van der Waals surface area contributed by atoms with E-state index in [-0.39, 0.29) is 12.3 Å². The van der Waals surface area contributed by atoms with Crippen LogP contribution in [0.1, 0.15) is 19.3 Å². The van der Waals surface area contributed by atoms with Gasteiger partial charge in [0.15, 0.2) is 6.29 Å². The number of amides is 2. The van der Waals surface area contributed by atoms with E-state index in [1.54, 1.807) is 11.9 Å². The number of nitrogens with zero attached hydrogens (tertiary/aromatic N) is 3. The number of nitrogens with one attached hydrogen (secondary N) is 1. The number of hydrogen-bond donors (Lipinski definition) is 1. The highest BCUT2D eigenvalue weighted by molar-refractivity contribution is 7.17. The lowest BCUT2D eigenvalue weighted by molar-refractivity contribution is -0.130. The minimum absolute atomic E-state index is 0.232. The number of carbonyl (C=O) groups is 1. The van der Waals surface area contributed by atoms with Crippen LogP contribution in [0.25, 0.3) is 0 Å². The molecule has 118 valence electrons. The average molecular weight is 316 g/mol. The van der Waals surface area contributed by atoms with E-state index in [0.29, 0.717) is 36.5 Å². The predicted molar refractivity (Wildman–Crippen MR) is 77.7 cm³/mol. The molecule has 0 unspecified atom stereocenters. The van der Waals surface area contributed by atoms with E-state index in [9.17, 15) is 4.79 Å². The number of rotatable bonds is 5. The van der Waals surface area contributed by atoms with Gasteiger partial charge in [0.1, 0.15) is 0 Å². The molecule has 2 rings (SSSR count). The van der Waals surface area contributed by atoms with Gasteiger partial charge in [-0.3, -0.25) is 5.32 Å². The minimum Gasteiger partial charge on any atom is -0.472 e. The van der Waals surface area contributed by atoms with Crippen molar-refractivity contribution in [2.75, 3.05) is 39.2 Å². The first kappa shape index (κ1) is 15.9. The Morgan fingerprint density at radius 3 is 2.76 bits per heavy atom. The van der Waals surface area contributed by atoms with Crippen LogP contribution in [0, 0.1) is 0 Å². The third-order valence-corrected chi connectivity index (χ3v) is 3.79. The number of urea groups is 1. The van der Waals surface area contributed by atoms with Crippen molar-refractivity contribution >= 4 is 22.5 Å². The summed E-state index contributed by atoms with van der Waals surface area (Å²) in [5, 5.41) is 11.0. The first-order valence-corrected chi connectivity index (χ1v) is 7.63. The quantitative estimate of drug-likeness (QED) is 0.887. The summed E-state index contributed by atoms with van der Waals surface area (Å²) < 4.78 is 16.0. The smallest absolute Gasteiger partial charge is 0.323 e. The maximum absolute atomic E-state index is 12.0. The lowest BCUT2D eigenvalue weighted by Gasteiger charge is -2.20. The number of anilines is 1. The molecule has 0 atom stereocenters. The zero-order chi connectivity index (χ0) is 15.1. The zero-order valence-corrected chi connectivity index (χ0v) is 13.0. The first-order valence-electron chi connectivity index (χ1n) is 6.82. The molecular weight excluding hydrogens is 296 g/mol. The molecule has 0 bridgehead atoms. The molecule has 0 saturated carbocycles. The second-order valence-corrected chi connectivity index (χ2v) is 5.54. The molecule has 0 aliphatic carbocycles. The molecular formula is C12H20N4O4S. The molecule has 1 aromatic heterocycles. The van der Waals surface area contributed by atoms with Crippen molar-refractivity contribution in [1.29, 1.82) is 0 Å². The van der Waals surface area contributed by atoms with Crippen molar-refractivity contribution in [3.8, 4) is 5.19 Å². The van der Waals surface area contributed by atoms with Crippen molar-refractivity contribution in [3.05, 3.63) is 0 Å². The van der Waals surface area contributed by atoms with E-state index >= 15 is 0 Å². The number of methoxy groups -OCH3 is 1. The maximum atomic E-state index is 12.0. The molecule has 9 heteroatoms. The highest BCUT2D eigenvalue weighted by atomic mass is 32.1. The molecule has 1 aliphatic heterocycles. The molecule has 1 fully saturated rings. The van der Waals surface area contributed by atoms with E-state index in [0.717, 1.165) is 12.8 Å². The molecule has 8 nitrogen and oxygen atoms in total. The molecule has 1 aliphatic rings. The summed E-state index contributed by atoms with van der Waals surface area (Å²) in [5.41, 5.74) is 0. The summed E-state index contributed by atoms with van der Waals surface area (Å²) in [4.78, 5) is 13.5. The van der Waals surface area contributed by atoms with E-state index in [4.69, 9.17) is 14.2 Å². The molecule has 1 aromatic rings. The SMILES string of the molecule is COc1nnc(NC(=O)N(C)CCC2OCCCCO2)s1. The van der Waals surface area contributed by atoms with E-state index < -0.39 is 0 Å². The van der Waals surface area contributed by atoms with Gasteiger partial charge < -0.3 is 19.1 Å². The number of aromatic nitrogens is 2. The molecule has 1 N–H and O–H groups in total. The molecule has 1 saturated heterocycles. The Bertz CT molecular complexity index is 448. The zero-order valence-electron chi connectivity index (χ0n) is 12.2. The van der Waals surface area contributed by atoms with Crippen molar-refractivity contribution in [1.82, 2.24) is 15.1 Å². The van der Waals surface area contributed by atoms with Gasteiger partial charge in [-0.1, -0.05) is 5.10 Å². The summed E-state index contributed by atoms with van der Waals surface area (Å²) in [6.07, 6.45) is 2.45. The van der Waals surface area contributed by atoms with Gasteiger partial charge in [-0.05, 0) is 24.2 Å². The topological polar surface area (TPSA) is 85.8 Å². The molecule has 2 amide bonds. The number of hydrogen-bond acceptors (Lipinski definition) is 7. The fourth-order valence-electron chi connectivity index (χ4n) is 1.78. The second kappa shape index (κ2) is 8.11. The highest BCUT2D eigenvalue weighted by Crippen LogP contribution is 2.21. The Balaban J connectivity index is 1.73. The van der Waals surface area contributed by atoms with Gasteiger partial charge >= 0.3 is 6.03 Å². The van der Waals surface area contributed by atoms with Crippen LogP contribution in [-0.2, 0) is 9.47 Å². The largest absolute Gasteiger partial charge is 0.472 e. The van der Waals surface area contributed by atoms with Gasteiger partial charge in [0.25, 0.3) is 5.19 Å². The summed E-state index contributed by atoms with van der Waals surface area (Å²) in [7, 11) is 3.22. The minimum atomic E-state index is -0.248. The Morgan fingerprint density at radius 1 is 1.43 bits per heavy atom. The summed E-state index contributed by atoms with van der Waals surface area (Å²) in [6, 6.07) is -0.248. The van der Waals surface area contributed by atoms with Crippen LogP contribution in [0.4, 0.5) is 9.93 Å². The van der Waals surface area contributed by atoms with Gasteiger partial charge in [-0.15, -0.1) is 5.10 Å². The van der Waals surface area contributed by atoms with Crippen molar-refractivity contribution in [3.63, 3.8) is 0 Å². The number of carbonyl (C=O) groups excluding carboxylic acids is 1.